The van der Waals surface area contributed by atoms with Gasteiger partial charge in [0.15, 0.2) is 5.82 Å². The second-order valence-corrected chi connectivity index (χ2v) is 4.19. The molecule has 1 aromatic rings. The summed E-state index contributed by atoms with van der Waals surface area (Å²) in [5.74, 6) is 1.44. The molecule has 0 radical (unpaired) electrons. The Morgan fingerprint density at radius 1 is 1.22 bits per heavy atom. The Balaban J connectivity index is 2.70. The third-order valence-corrected chi connectivity index (χ3v) is 2.56. The maximum Gasteiger partial charge on any atom is 0.234 e. The molecule has 0 fully saturated rings. The fraction of sp³-hybridized carbons (Fsp3) is 0.692. The molecule has 0 aliphatic rings. The van der Waals surface area contributed by atoms with E-state index in [0.29, 0.717) is 19.0 Å². The van der Waals surface area contributed by atoms with Crippen molar-refractivity contribution >= 4 is 5.82 Å². The normalized spacial score (nSPS) is 10.4. The van der Waals surface area contributed by atoms with Crippen molar-refractivity contribution in [1.82, 2.24) is 9.97 Å². The predicted molar refractivity (Wildman–Crippen MR) is 74.0 cm³/mol. The van der Waals surface area contributed by atoms with Gasteiger partial charge in [-0.05, 0) is 12.8 Å². The third kappa shape index (κ3) is 4.87. The van der Waals surface area contributed by atoms with Gasteiger partial charge in [-0.15, -0.1) is 0 Å². The van der Waals surface area contributed by atoms with Crippen molar-refractivity contribution in [2.24, 2.45) is 5.73 Å². The van der Waals surface area contributed by atoms with Crippen LogP contribution in [0.15, 0.2) is 12.4 Å². The average Bonchev–Trinajstić information content (AvgIpc) is 2.41. The maximum absolute atomic E-state index is 5.64. The number of unbranched alkanes of at least 4 members (excludes halogenated alkanes) is 1. The van der Waals surface area contributed by atoms with Gasteiger partial charge in [0.2, 0.25) is 5.88 Å². The van der Waals surface area contributed by atoms with E-state index < -0.39 is 0 Å². The monoisotopic (exact) mass is 252 g/mol. The maximum atomic E-state index is 5.64. The molecule has 1 rings (SSSR count). The molecule has 0 atom stereocenters. The molecule has 102 valence electrons. The van der Waals surface area contributed by atoms with Crippen LogP contribution in [0.5, 0.6) is 5.88 Å². The Morgan fingerprint density at radius 3 is 2.72 bits per heavy atom. The summed E-state index contributed by atoms with van der Waals surface area (Å²) in [6, 6.07) is 0. The Morgan fingerprint density at radius 2 is 2.06 bits per heavy atom. The molecule has 0 spiro atoms. The van der Waals surface area contributed by atoms with Gasteiger partial charge in [-0.3, -0.25) is 4.98 Å². The van der Waals surface area contributed by atoms with Crippen molar-refractivity contribution in [2.45, 2.75) is 33.1 Å². The van der Waals surface area contributed by atoms with E-state index in [-0.39, 0.29) is 0 Å². The van der Waals surface area contributed by atoms with Crippen LogP contribution < -0.4 is 15.4 Å². The fourth-order valence-corrected chi connectivity index (χ4v) is 1.61. The first-order valence-electron chi connectivity index (χ1n) is 6.71. The van der Waals surface area contributed by atoms with Gasteiger partial charge in [-0.2, -0.15) is 4.98 Å². The number of nitrogens with zero attached hydrogens (tertiary/aromatic N) is 3. The number of anilines is 1. The van der Waals surface area contributed by atoms with Crippen molar-refractivity contribution < 1.29 is 4.74 Å². The third-order valence-electron chi connectivity index (χ3n) is 2.56. The SMILES string of the molecule is CCCCN(CCN)c1cncc(OCCC)n1. The molecule has 0 aliphatic carbocycles. The molecule has 5 nitrogen and oxygen atoms in total. The van der Waals surface area contributed by atoms with Crippen LogP contribution in [-0.4, -0.2) is 36.2 Å². The average molecular weight is 252 g/mol. The van der Waals surface area contributed by atoms with Crippen LogP contribution in [0.4, 0.5) is 5.82 Å². The van der Waals surface area contributed by atoms with Gasteiger partial charge in [-0.25, -0.2) is 0 Å². The summed E-state index contributed by atoms with van der Waals surface area (Å²) in [5.41, 5.74) is 5.64. The molecule has 0 aromatic carbocycles. The van der Waals surface area contributed by atoms with Gasteiger partial charge in [-0.1, -0.05) is 20.3 Å². The lowest BCUT2D eigenvalue weighted by molar-refractivity contribution is 0.304. The minimum absolute atomic E-state index is 0.591. The number of rotatable bonds is 9. The highest BCUT2D eigenvalue weighted by molar-refractivity contribution is 5.37. The minimum Gasteiger partial charge on any atom is -0.477 e. The van der Waals surface area contributed by atoms with Crippen LogP contribution in [0.25, 0.3) is 0 Å². The van der Waals surface area contributed by atoms with Crippen LogP contribution in [0, 0.1) is 0 Å². The molecule has 1 heterocycles. The van der Waals surface area contributed by atoms with Crippen LogP contribution in [0.3, 0.4) is 0 Å². The predicted octanol–water partition coefficient (Wildman–Crippen LogP) is 1.83. The molecule has 0 bridgehead atoms. The van der Waals surface area contributed by atoms with Gasteiger partial charge < -0.3 is 15.4 Å². The van der Waals surface area contributed by atoms with Gasteiger partial charge in [0.05, 0.1) is 19.0 Å². The summed E-state index contributed by atoms with van der Waals surface area (Å²) in [6.07, 6.45) is 6.67. The van der Waals surface area contributed by atoms with E-state index in [9.17, 15) is 0 Å². The number of hydrogen-bond acceptors (Lipinski definition) is 5. The highest BCUT2D eigenvalue weighted by Crippen LogP contribution is 2.14. The Labute approximate surface area is 109 Å². The van der Waals surface area contributed by atoms with E-state index in [1.807, 2.05) is 0 Å². The molecule has 1 aromatic heterocycles. The van der Waals surface area contributed by atoms with Gasteiger partial charge in [0, 0.05) is 19.6 Å². The molecule has 0 unspecified atom stereocenters. The van der Waals surface area contributed by atoms with Crippen LogP contribution in [0.1, 0.15) is 33.1 Å². The van der Waals surface area contributed by atoms with E-state index in [2.05, 4.69) is 28.7 Å². The summed E-state index contributed by atoms with van der Waals surface area (Å²) in [6.45, 7) is 7.29. The number of aromatic nitrogens is 2. The first kappa shape index (κ1) is 14.7. The van der Waals surface area contributed by atoms with E-state index in [4.69, 9.17) is 10.5 Å². The zero-order valence-electron chi connectivity index (χ0n) is 11.4. The van der Waals surface area contributed by atoms with Crippen molar-refractivity contribution in [3.8, 4) is 5.88 Å². The Hall–Kier alpha value is -1.36. The van der Waals surface area contributed by atoms with Gasteiger partial charge >= 0.3 is 0 Å². The van der Waals surface area contributed by atoms with Gasteiger partial charge in [0.1, 0.15) is 0 Å². The molecule has 18 heavy (non-hydrogen) atoms. The van der Waals surface area contributed by atoms with E-state index >= 15 is 0 Å². The standard InChI is InChI=1S/C13H24N4O/c1-3-5-7-17(8-6-14)12-10-15-11-13(16-12)18-9-4-2/h10-11H,3-9,14H2,1-2H3. The lowest BCUT2D eigenvalue weighted by Gasteiger charge is -2.22. The van der Waals surface area contributed by atoms with Crippen molar-refractivity contribution in [2.75, 3.05) is 31.1 Å². The molecule has 0 amide bonds. The largest absolute Gasteiger partial charge is 0.477 e. The molecule has 2 N–H and O–H groups in total. The second-order valence-electron chi connectivity index (χ2n) is 4.19. The topological polar surface area (TPSA) is 64.3 Å². The van der Waals surface area contributed by atoms with Crippen molar-refractivity contribution in [3.63, 3.8) is 0 Å². The molecular weight excluding hydrogens is 228 g/mol. The summed E-state index contributed by atoms with van der Waals surface area (Å²) in [7, 11) is 0. The van der Waals surface area contributed by atoms with Crippen molar-refractivity contribution in [1.29, 1.82) is 0 Å². The Kier molecular flexibility index (Phi) is 7.10. The number of hydrogen-bond donors (Lipinski definition) is 1. The molecule has 0 aliphatic heterocycles. The summed E-state index contributed by atoms with van der Waals surface area (Å²) in [5, 5.41) is 0. The first-order valence-corrected chi connectivity index (χ1v) is 6.71. The lowest BCUT2D eigenvalue weighted by Crippen LogP contribution is -2.31. The lowest BCUT2D eigenvalue weighted by atomic mass is 10.3. The minimum atomic E-state index is 0.591. The number of nitrogens with two attached hydrogens (primary N) is 1. The fourth-order valence-electron chi connectivity index (χ4n) is 1.61. The van der Waals surface area contributed by atoms with E-state index in [1.54, 1.807) is 12.4 Å². The zero-order valence-corrected chi connectivity index (χ0v) is 11.4. The highest BCUT2D eigenvalue weighted by Gasteiger charge is 2.08. The molecule has 0 saturated heterocycles. The molecular formula is C13H24N4O. The summed E-state index contributed by atoms with van der Waals surface area (Å²) < 4.78 is 5.50. The second kappa shape index (κ2) is 8.69. The summed E-state index contributed by atoms with van der Waals surface area (Å²) in [4.78, 5) is 10.8. The zero-order chi connectivity index (χ0) is 13.2. The quantitative estimate of drug-likeness (QED) is 0.726. The van der Waals surface area contributed by atoms with E-state index in [0.717, 1.165) is 38.2 Å². The summed E-state index contributed by atoms with van der Waals surface area (Å²) >= 11 is 0. The van der Waals surface area contributed by atoms with Crippen LogP contribution >= 0.6 is 0 Å². The van der Waals surface area contributed by atoms with E-state index in [1.165, 1.54) is 0 Å². The van der Waals surface area contributed by atoms with Gasteiger partial charge in [0.25, 0.3) is 0 Å². The Bertz CT molecular complexity index is 333. The number of ether oxygens (including phenoxy) is 1. The highest BCUT2D eigenvalue weighted by atomic mass is 16.5. The van der Waals surface area contributed by atoms with Crippen LogP contribution in [-0.2, 0) is 0 Å². The molecule has 5 heteroatoms. The van der Waals surface area contributed by atoms with Crippen LogP contribution in [0.2, 0.25) is 0 Å². The van der Waals surface area contributed by atoms with Crippen molar-refractivity contribution in [3.05, 3.63) is 12.4 Å². The molecule has 0 saturated carbocycles. The smallest absolute Gasteiger partial charge is 0.234 e. The first-order chi connectivity index (χ1) is 8.81.